The fourth-order valence-electron chi connectivity index (χ4n) is 0.749. The summed E-state index contributed by atoms with van der Waals surface area (Å²) in [5.74, 6) is 0. The van der Waals surface area contributed by atoms with E-state index in [1.54, 1.807) is 24.8 Å². The van der Waals surface area contributed by atoms with E-state index in [1.807, 2.05) is 0 Å². The largest absolute Gasteiger partial charge is 0.326 e. The molecule has 0 spiro atoms. The maximum absolute atomic E-state index is 5.74. The van der Waals surface area contributed by atoms with Crippen molar-refractivity contribution in [2.24, 2.45) is 4.99 Å². The summed E-state index contributed by atoms with van der Waals surface area (Å²) in [6.45, 7) is 7.13. The number of rotatable bonds is 8. The van der Waals surface area contributed by atoms with Gasteiger partial charge in [0.15, 0.2) is 0 Å². The van der Waals surface area contributed by atoms with E-state index in [2.05, 4.69) is 30.9 Å². The zero-order valence-corrected chi connectivity index (χ0v) is 12.4. The highest BCUT2D eigenvalue weighted by Gasteiger charge is 2.19. The number of hydrogen-bond acceptors (Lipinski definition) is 4. The monoisotopic (exact) mass is 268 g/mol. The maximum Gasteiger partial charge on any atom is 0.211 e. The summed E-state index contributed by atoms with van der Waals surface area (Å²) in [6, 6.07) is 0. The minimum atomic E-state index is -1.97. The van der Waals surface area contributed by atoms with E-state index < -0.39 is 5.62 Å². The number of nitrogens with zero attached hydrogens (tertiary/aromatic N) is 1. The van der Waals surface area contributed by atoms with Crippen molar-refractivity contribution in [3.8, 4) is 0 Å². The smallest absolute Gasteiger partial charge is 0.211 e. The molecule has 90 valence electrons. The van der Waals surface area contributed by atoms with E-state index in [9.17, 15) is 0 Å². The Kier molecular flexibility index (Phi) is 8.81. The molecule has 0 heterocycles. The lowest BCUT2D eigenvalue weighted by Crippen LogP contribution is -2.10. The normalized spacial score (nSPS) is 17.6. The van der Waals surface area contributed by atoms with Crippen LogP contribution >= 0.6 is 17.0 Å². The van der Waals surface area contributed by atoms with Gasteiger partial charge < -0.3 is 9.61 Å². The first-order valence-electron chi connectivity index (χ1n) is 5.19. The standard InChI is InChI=1S/C9H21N2OPS2/c1-5-7-12-13(14,11-8-10-4)15-9(3)6-2/h8-9H,5-7H2,1-4H3,(H,10,11,14). The van der Waals surface area contributed by atoms with Crippen LogP contribution in [0.25, 0.3) is 0 Å². The van der Waals surface area contributed by atoms with Crippen LogP contribution in [0.1, 0.15) is 33.6 Å². The first-order chi connectivity index (χ1) is 7.08. The highest BCUT2D eigenvalue weighted by atomic mass is 32.9. The molecule has 3 nitrogen and oxygen atoms in total. The third-order valence-electron chi connectivity index (χ3n) is 1.70. The second-order valence-electron chi connectivity index (χ2n) is 3.17. The zero-order chi connectivity index (χ0) is 11.7. The molecule has 2 atom stereocenters. The molecule has 0 rings (SSSR count). The summed E-state index contributed by atoms with van der Waals surface area (Å²) in [5.41, 5.74) is -1.97. The molecule has 0 aliphatic carbocycles. The van der Waals surface area contributed by atoms with Crippen molar-refractivity contribution in [2.45, 2.75) is 38.9 Å². The molecule has 0 aliphatic heterocycles. The Hall–Kier alpha value is 0.430. The Balaban J connectivity index is 4.32. The second kappa shape index (κ2) is 8.57. The predicted octanol–water partition coefficient (Wildman–Crippen LogP) is 3.42. The molecule has 0 radical (unpaired) electrons. The lowest BCUT2D eigenvalue weighted by atomic mass is 10.4. The van der Waals surface area contributed by atoms with E-state index in [0.717, 1.165) is 12.8 Å². The van der Waals surface area contributed by atoms with Crippen LogP contribution in [-0.2, 0) is 16.3 Å². The van der Waals surface area contributed by atoms with Crippen LogP contribution < -0.4 is 5.09 Å². The van der Waals surface area contributed by atoms with Crippen LogP contribution in [0.2, 0.25) is 0 Å². The van der Waals surface area contributed by atoms with Crippen molar-refractivity contribution >= 4 is 35.1 Å². The molecular formula is C9H21N2OPS2. The quantitative estimate of drug-likeness (QED) is 0.415. The highest BCUT2D eigenvalue weighted by molar-refractivity contribution is 8.69. The van der Waals surface area contributed by atoms with Gasteiger partial charge in [-0.25, -0.2) is 0 Å². The Morgan fingerprint density at radius 3 is 2.73 bits per heavy atom. The van der Waals surface area contributed by atoms with Crippen molar-refractivity contribution in [1.29, 1.82) is 0 Å². The van der Waals surface area contributed by atoms with Gasteiger partial charge in [-0.15, -0.1) is 0 Å². The number of aliphatic imine (C=N–C) groups is 1. The van der Waals surface area contributed by atoms with Gasteiger partial charge in [-0.3, -0.25) is 4.99 Å². The van der Waals surface area contributed by atoms with Crippen molar-refractivity contribution in [2.75, 3.05) is 13.7 Å². The minimum Gasteiger partial charge on any atom is -0.326 e. The molecule has 1 N–H and O–H groups in total. The molecule has 15 heavy (non-hydrogen) atoms. The summed E-state index contributed by atoms with van der Waals surface area (Å²) >= 11 is 7.25. The molecule has 0 aromatic rings. The minimum absolute atomic E-state index is 0.519. The van der Waals surface area contributed by atoms with Gasteiger partial charge in [0, 0.05) is 12.3 Å². The van der Waals surface area contributed by atoms with Gasteiger partial charge in [0.25, 0.3) is 0 Å². The zero-order valence-electron chi connectivity index (χ0n) is 9.90. The van der Waals surface area contributed by atoms with Crippen LogP contribution in [0.5, 0.6) is 0 Å². The molecule has 2 unspecified atom stereocenters. The predicted molar refractivity (Wildman–Crippen MR) is 75.4 cm³/mol. The summed E-state index contributed by atoms with van der Waals surface area (Å²) in [4.78, 5) is 3.89. The van der Waals surface area contributed by atoms with Crippen molar-refractivity contribution < 1.29 is 4.52 Å². The van der Waals surface area contributed by atoms with Crippen molar-refractivity contribution in [1.82, 2.24) is 5.09 Å². The van der Waals surface area contributed by atoms with Gasteiger partial charge in [0.05, 0.1) is 12.9 Å². The molecule has 6 heteroatoms. The summed E-state index contributed by atoms with van der Waals surface area (Å²) in [7, 11) is 1.72. The van der Waals surface area contributed by atoms with Gasteiger partial charge >= 0.3 is 0 Å². The third kappa shape index (κ3) is 7.34. The fraction of sp³-hybridized carbons (Fsp3) is 0.889. The van der Waals surface area contributed by atoms with Gasteiger partial charge in [0.1, 0.15) is 0 Å². The Morgan fingerprint density at radius 2 is 2.27 bits per heavy atom. The molecule has 0 fully saturated rings. The molecule has 0 saturated heterocycles. The maximum atomic E-state index is 5.74. The van der Waals surface area contributed by atoms with Crippen LogP contribution in [0.4, 0.5) is 0 Å². The Labute approximate surface area is 102 Å². The Morgan fingerprint density at radius 1 is 1.60 bits per heavy atom. The molecule has 0 aliphatic rings. The summed E-state index contributed by atoms with van der Waals surface area (Å²) in [5, 5.41) is 3.64. The van der Waals surface area contributed by atoms with Crippen LogP contribution in [0.3, 0.4) is 0 Å². The Bertz CT molecular complexity index is 236. The molecule has 0 saturated carbocycles. The molecule has 0 aromatic heterocycles. The molecule has 0 aromatic carbocycles. The van der Waals surface area contributed by atoms with Crippen molar-refractivity contribution in [3.05, 3.63) is 0 Å². The van der Waals surface area contributed by atoms with Gasteiger partial charge in [-0.1, -0.05) is 32.2 Å². The molecule has 0 amide bonds. The molecule has 0 bridgehead atoms. The van der Waals surface area contributed by atoms with Gasteiger partial charge in [-0.05, 0) is 24.6 Å². The number of hydrogen-bond donors (Lipinski definition) is 1. The van der Waals surface area contributed by atoms with Crippen LogP contribution in [0.15, 0.2) is 4.99 Å². The van der Waals surface area contributed by atoms with E-state index >= 15 is 0 Å². The molecular weight excluding hydrogens is 247 g/mol. The van der Waals surface area contributed by atoms with Gasteiger partial charge in [0.2, 0.25) is 5.62 Å². The van der Waals surface area contributed by atoms with Crippen LogP contribution in [-0.4, -0.2) is 25.2 Å². The van der Waals surface area contributed by atoms with E-state index in [4.69, 9.17) is 16.3 Å². The highest BCUT2D eigenvalue weighted by Crippen LogP contribution is 2.58. The average Bonchev–Trinajstić information content (AvgIpc) is 2.23. The van der Waals surface area contributed by atoms with Crippen molar-refractivity contribution in [3.63, 3.8) is 0 Å². The number of nitrogens with one attached hydrogen (secondary N) is 1. The first-order valence-corrected chi connectivity index (χ1v) is 9.39. The first kappa shape index (κ1) is 15.4. The lowest BCUT2D eigenvalue weighted by molar-refractivity contribution is 0.356. The summed E-state index contributed by atoms with van der Waals surface area (Å²) < 4.78 is 5.74. The third-order valence-corrected chi connectivity index (χ3v) is 7.58. The summed E-state index contributed by atoms with van der Waals surface area (Å²) in [6.07, 6.45) is 3.74. The van der Waals surface area contributed by atoms with E-state index in [1.165, 1.54) is 0 Å². The van der Waals surface area contributed by atoms with Gasteiger partial charge in [-0.2, -0.15) is 0 Å². The average molecular weight is 268 g/mol. The van der Waals surface area contributed by atoms with E-state index in [-0.39, 0.29) is 0 Å². The van der Waals surface area contributed by atoms with Crippen LogP contribution in [0, 0.1) is 0 Å². The lowest BCUT2D eigenvalue weighted by Gasteiger charge is -2.23. The SMILES string of the molecule is CCCOP(=S)(NC=NC)SC(C)CC. The van der Waals surface area contributed by atoms with E-state index in [0.29, 0.717) is 11.9 Å². The fourth-order valence-corrected chi connectivity index (χ4v) is 6.53. The topological polar surface area (TPSA) is 33.6 Å². The second-order valence-corrected chi connectivity index (χ2v) is 10.1.